The highest BCUT2D eigenvalue weighted by Crippen LogP contribution is 2.37. The molecule has 144 valence electrons. The number of hydrogen-bond acceptors (Lipinski definition) is 4. The highest BCUT2D eigenvalue weighted by Gasteiger charge is 2.32. The molecule has 27 heavy (non-hydrogen) atoms. The first-order valence-corrected chi connectivity index (χ1v) is 8.33. The van der Waals surface area contributed by atoms with Crippen molar-refractivity contribution in [1.82, 2.24) is 15.3 Å². The second-order valence-electron chi connectivity index (χ2n) is 6.94. The van der Waals surface area contributed by atoms with Gasteiger partial charge in [0.15, 0.2) is 0 Å². The number of benzene rings is 1. The van der Waals surface area contributed by atoms with Crippen LogP contribution in [0, 0.1) is 0 Å². The van der Waals surface area contributed by atoms with Gasteiger partial charge in [-0.1, -0.05) is 12.1 Å². The van der Waals surface area contributed by atoms with Crippen molar-refractivity contribution >= 4 is 5.91 Å². The van der Waals surface area contributed by atoms with E-state index in [1.165, 1.54) is 24.3 Å². The third kappa shape index (κ3) is 4.87. The van der Waals surface area contributed by atoms with Crippen LogP contribution in [0.4, 0.5) is 13.2 Å². The first-order chi connectivity index (χ1) is 12.5. The number of carbonyl (C=O) groups is 1. The van der Waals surface area contributed by atoms with E-state index in [0.29, 0.717) is 11.4 Å². The molecule has 1 aromatic carbocycles. The predicted molar refractivity (Wildman–Crippen MR) is 90.4 cm³/mol. The van der Waals surface area contributed by atoms with Gasteiger partial charge in [0.25, 0.3) is 11.5 Å². The van der Waals surface area contributed by atoms with Crippen molar-refractivity contribution in [1.29, 1.82) is 0 Å². The molecule has 1 heterocycles. The molecule has 9 heteroatoms. The molecule has 3 rings (SSSR count). The predicted octanol–water partition coefficient (Wildman–Crippen LogP) is 3.21. The summed E-state index contributed by atoms with van der Waals surface area (Å²) in [7, 11) is 0. The van der Waals surface area contributed by atoms with E-state index in [1.54, 1.807) is 13.8 Å². The molecule has 1 aromatic heterocycles. The molecule has 0 spiro atoms. The molecule has 0 bridgehead atoms. The number of ether oxygens (including phenoxy) is 1. The summed E-state index contributed by atoms with van der Waals surface area (Å²) < 4.78 is 40.6. The van der Waals surface area contributed by atoms with Crippen molar-refractivity contribution in [2.24, 2.45) is 0 Å². The topological polar surface area (TPSA) is 84.1 Å². The second kappa shape index (κ2) is 6.71. The summed E-state index contributed by atoms with van der Waals surface area (Å²) in [5.74, 6) is -0.207. The molecule has 6 nitrogen and oxygen atoms in total. The van der Waals surface area contributed by atoms with Crippen LogP contribution < -0.4 is 15.6 Å². The maximum absolute atomic E-state index is 12.5. The third-order valence-electron chi connectivity index (χ3n) is 4.19. The zero-order chi connectivity index (χ0) is 19.8. The number of hydrogen-bond donors (Lipinski definition) is 2. The summed E-state index contributed by atoms with van der Waals surface area (Å²) in [5, 5.41) is 2.75. The molecule has 0 aliphatic heterocycles. The number of alkyl halides is 3. The number of H-pyrrole nitrogens is 1. The Morgan fingerprint density at radius 3 is 2.41 bits per heavy atom. The van der Waals surface area contributed by atoms with Gasteiger partial charge >= 0.3 is 6.36 Å². The molecule has 1 amide bonds. The molecular formula is C18H18F3N3O3. The number of rotatable bonds is 5. The Hall–Kier alpha value is -2.84. The minimum atomic E-state index is -4.77. The summed E-state index contributed by atoms with van der Waals surface area (Å²) in [6.45, 7) is 3.39. The number of nitrogens with one attached hydrogen (secondary N) is 2. The maximum Gasteiger partial charge on any atom is 0.573 e. The lowest BCUT2D eigenvalue weighted by molar-refractivity contribution is -0.274. The first-order valence-electron chi connectivity index (χ1n) is 8.33. The summed E-state index contributed by atoms with van der Waals surface area (Å²) in [6, 6.07) is 6.34. The number of aromatic amines is 1. The second-order valence-corrected chi connectivity index (χ2v) is 6.94. The van der Waals surface area contributed by atoms with Crippen LogP contribution in [0.5, 0.6) is 5.75 Å². The normalized spacial score (nSPS) is 14.7. The number of amides is 1. The SMILES string of the molecule is CC(C)(NC(=O)c1cc(=O)[nH]c(C2CC2)n1)c1ccc(OC(F)(F)F)cc1. The van der Waals surface area contributed by atoms with Crippen LogP contribution in [-0.4, -0.2) is 22.2 Å². The van der Waals surface area contributed by atoms with Gasteiger partial charge < -0.3 is 15.0 Å². The fourth-order valence-electron chi connectivity index (χ4n) is 2.64. The monoisotopic (exact) mass is 381 g/mol. The highest BCUT2D eigenvalue weighted by atomic mass is 19.4. The Labute approximate surface area is 152 Å². The summed E-state index contributed by atoms with van der Waals surface area (Å²) >= 11 is 0. The molecular weight excluding hydrogens is 363 g/mol. The van der Waals surface area contributed by atoms with Crippen molar-refractivity contribution in [2.75, 3.05) is 0 Å². The average molecular weight is 381 g/mol. The minimum absolute atomic E-state index is 0.00532. The zero-order valence-corrected chi connectivity index (χ0v) is 14.7. The van der Waals surface area contributed by atoms with Crippen LogP contribution in [0.2, 0.25) is 0 Å². The van der Waals surface area contributed by atoms with Crippen LogP contribution in [0.25, 0.3) is 0 Å². The Balaban J connectivity index is 1.75. The summed E-state index contributed by atoms with van der Waals surface area (Å²) in [6.07, 6.45) is -2.92. The quantitative estimate of drug-likeness (QED) is 0.833. The van der Waals surface area contributed by atoms with E-state index in [0.717, 1.165) is 18.9 Å². The molecule has 2 N–H and O–H groups in total. The molecule has 1 aliphatic rings. The van der Waals surface area contributed by atoms with Crippen LogP contribution in [0.1, 0.15) is 54.5 Å². The van der Waals surface area contributed by atoms with Crippen LogP contribution in [0.15, 0.2) is 35.1 Å². The number of halogens is 3. The standard InChI is InChI=1S/C18H18F3N3O3/c1-17(2,11-5-7-12(8-6-11)27-18(19,20)21)24-16(26)13-9-14(25)23-15(22-13)10-3-4-10/h5-10H,3-4H2,1-2H3,(H,24,26)(H,22,23,25). The molecule has 1 saturated carbocycles. The Kier molecular flexibility index (Phi) is 4.71. The molecule has 0 radical (unpaired) electrons. The fraction of sp³-hybridized carbons (Fsp3) is 0.389. The van der Waals surface area contributed by atoms with Gasteiger partial charge in [-0.05, 0) is 44.4 Å². The van der Waals surface area contributed by atoms with Crippen LogP contribution in [-0.2, 0) is 5.54 Å². The molecule has 2 aromatic rings. The van der Waals surface area contributed by atoms with Gasteiger partial charge in [-0.15, -0.1) is 13.2 Å². The van der Waals surface area contributed by atoms with Gasteiger partial charge in [-0.2, -0.15) is 0 Å². The largest absolute Gasteiger partial charge is 0.573 e. The number of nitrogens with zero attached hydrogens (tertiary/aromatic N) is 1. The van der Waals surface area contributed by atoms with E-state index < -0.39 is 23.4 Å². The lowest BCUT2D eigenvalue weighted by Gasteiger charge is -2.27. The van der Waals surface area contributed by atoms with E-state index in [4.69, 9.17) is 0 Å². The van der Waals surface area contributed by atoms with Crippen LogP contribution >= 0.6 is 0 Å². The van der Waals surface area contributed by atoms with Crippen molar-refractivity contribution in [3.63, 3.8) is 0 Å². The minimum Gasteiger partial charge on any atom is -0.406 e. The van der Waals surface area contributed by atoms with E-state index in [1.807, 2.05) is 0 Å². The zero-order valence-electron chi connectivity index (χ0n) is 14.7. The van der Waals surface area contributed by atoms with Gasteiger partial charge in [0, 0.05) is 12.0 Å². The van der Waals surface area contributed by atoms with Gasteiger partial charge in [0.05, 0.1) is 5.54 Å². The smallest absolute Gasteiger partial charge is 0.406 e. The van der Waals surface area contributed by atoms with E-state index in [2.05, 4.69) is 20.0 Å². The first kappa shape index (κ1) is 18.9. The fourth-order valence-corrected chi connectivity index (χ4v) is 2.64. The molecule has 0 unspecified atom stereocenters. The van der Waals surface area contributed by atoms with Crippen molar-refractivity contribution in [2.45, 2.75) is 44.5 Å². The number of aromatic nitrogens is 2. The third-order valence-corrected chi connectivity index (χ3v) is 4.19. The molecule has 0 atom stereocenters. The van der Waals surface area contributed by atoms with Crippen molar-refractivity contribution in [3.05, 3.63) is 57.8 Å². The van der Waals surface area contributed by atoms with Crippen LogP contribution in [0.3, 0.4) is 0 Å². The Morgan fingerprint density at radius 1 is 1.22 bits per heavy atom. The lowest BCUT2D eigenvalue weighted by Crippen LogP contribution is -2.41. The van der Waals surface area contributed by atoms with Crippen molar-refractivity contribution < 1.29 is 22.7 Å². The number of carbonyl (C=O) groups excluding carboxylic acids is 1. The highest BCUT2D eigenvalue weighted by molar-refractivity contribution is 5.92. The van der Waals surface area contributed by atoms with Crippen molar-refractivity contribution in [3.8, 4) is 5.75 Å². The molecule has 0 saturated heterocycles. The van der Waals surface area contributed by atoms with Gasteiger partial charge in [0.2, 0.25) is 0 Å². The molecule has 1 aliphatic carbocycles. The van der Waals surface area contributed by atoms with E-state index >= 15 is 0 Å². The Morgan fingerprint density at radius 2 is 1.85 bits per heavy atom. The lowest BCUT2D eigenvalue weighted by atomic mass is 9.94. The average Bonchev–Trinajstić information content (AvgIpc) is 3.37. The summed E-state index contributed by atoms with van der Waals surface area (Å²) in [4.78, 5) is 31.1. The Bertz CT molecular complexity index is 901. The maximum atomic E-state index is 12.5. The van der Waals surface area contributed by atoms with E-state index in [-0.39, 0.29) is 17.4 Å². The van der Waals surface area contributed by atoms with Gasteiger partial charge in [0.1, 0.15) is 17.3 Å². The summed E-state index contributed by atoms with van der Waals surface area (Å²) in [5.41, 5.74) is -0.732. The van der Waals surface area contributed by atoms with E-state index in [9.17, 15) is 22.8 Å². The van der Waals surface area contributed by atoms with Gasteiger partial charge in [-0.25, -0.2) is 4.98 Å². The van der Waals surface area contributed by atoms with Gasteiger partial charge in [-0.3, -0.25) is 9.59 Å². The molecule has 1 fully saturated rings.